The number of nitrogens with one attached hydrogen (secondary N) is 1. The third kappa shape index (κ3) is 2.35. The molecule has 4 heteroatoms. The van der Waals surface area contributed by atoms with Gasteiger partial charge in [-0.15, -0.1) is 0 Å². The molecule has 0 spiro atoms. The number of rotatable bonds is 4. The van der Waals surface area contributed by atoms with E-state index in [4.69, 9.17) is 0 Å². The average Bonchev–Trinajstić information content (AvgIpc) is 3.00. The van der Waals surface area contributed by atoms with Crippen LogP contribution in [-0.4, -0.2) is 16.1 Å². The summed E-state index contributed by atoms with van der Waals surface area (Å²) in [6, 6.07) is 6.99. The first-order valence-electron chi connectivity index (χ1n) is 6.31. The fraction of sp³-hybridized carbons (Fsp3) is 0.357. The van der Waals surface area contributed by atoms with Crippen LogP contribution < -0.4 is 5.32 Å². The third-order valence-electron chi connectivity index (χ3n) is 3.53. The van der Waals surface area contributed by atoms with Crippen LogP contribution in [0.2, 0.25) is 0 Å². The first kappa shape index (κ1) is 11.9. The summed E-state index contributed by atoms with van der Waals surface area (Å²) in [5.41, 5.74) is 2.92. The highest BCUT2D eigenvalue weighted by Gasteiger charge is 2.22. The van der Waals surface area contributed by atoms with Crippen LogP contribution in [0.5, 0.6) is 0 Å². The van der Waals surface area contributed by atoms with Gasteiger partial charge >= 0.3 is 0 Å². The van der Waals surface area contributed by atoms with Gasteiger partial charge in [0.1, 0.15) is 0 Å². The SMILES string of the molecule is Brc1cccc2c1CC[C@H]2NCCn1ccnc1. The van der Waals surface area contributed by atoms with Crippen molar-refractivity contribution in [3.8, 4) is 0 Å². The van der Waals surface area contributed by atoms with Crippen molar-refractivity contribution in [3.05, 3.63) is 52.5 Å². The molecule has 3 rings (SSSR count). The van der Waals surface area contributed by atoms with Crippen LogP contribution in [0.1, 0.15) is 23.6 Å². The highest BCUT2D eigenvalue weighted by molar-refractivity contribution is 9.10. The zero-order chi connectivity index (χ0) is 12.4. The van der Waals surface area contributed by atoms with E-state index < -0.39 is 0 Å². The second-order valence-corrected chi connectivity index (χ2v) is 5.51. The van der Waals surface area contributed by atoms with Crippen molar-refractivity contribution in [2.24, 2.45) is 0 Å². The summed E-state index contributed by atoms with van der Waals surface area (Å²) in [5.74, 6) is 0. The number of imidazole rings is 1. The molecule has 0 radical (unpaired) electrons. The molecule has 3 nitrogen and oxygen atoms in total. The fourth-order valence-electron chi connectivity index (χ4n) is 2.61. The van der Waals surface area contributed by atoms with Crippen molar-refractivity contribution in [3.63, 3.8) is 0 Å². The summed E-state index contributed by atoms with van der Waals surface area (Å²) in [6.07, 6.45) is 8.05. The van der Waals surface area contributed by atoms with E-state index in [1.807, 2.05) is 18.7 Å². The lowest BCUT2D eigenvalue weighted by atomic mass is 10.1. The lowest BCUT2D eigenvalue weighted by Gasteiger charge is -2.14. The van der Waals surface area contributed by atoms with Crippen molar-refractivity contribution < 1.29 is 0 Å². The number of halogens is 1. The summed E-state index contributed by atoms with van der Waals surface area (Å²) in [4.78, 5) is 4.05. The van der Waals surface area contributed by atoms with Gasteiger partial charge in [0.25, 0.3) is 0 Å². The van der Waals surface area contributed by atoms with Crippen LogP contribution in [-0.2, 0) is 13.0 Å². The molecule has 2 aromatic rings. The van der Waals surface area contributed by atoms with E-state index in [0.29, 0.717) is 6.04 Å². The summed E-state index contributed by atoms with van der Waals surface area (Å²) in [5, 5.41) is 3.63. The van der Waals surface area contributed by atoms with E-state index in [0.717, 1.165) is 13.1 Å². The molecule has 1 aliphatic rings. The Morgan fingerprint density at radius 3 is 3.22 bits per heavy atom. The summed E-state index contributed by atoms with van der Waals surface area (Å²) >= 11 is 3.63. The van der Waals surface area contributed by atoms with Crippen LogP contribution in [0.4, 0.5) is 0 Å². The van der Waals surface area contributed by atoms with Crippen LogP contribution in [0.3, 0.4) is 0 Å². The molecule has 0 bridgehead atoms. The molecule has 1 aromatic heterocycles. The predicted molar refractivity (Wildman–Crippen MR) is 75.4 cm³/mol. The summed E-state index contributed by atoms with van der Waals surface area (Å²) in [7, 11) is 0. The van der Waals surface area contributed by atoms with Crippen molar-refractivity contribution in [1.29, 1.82) is 0 Å². The minimum absolute atomic E-state index is 0.501. The minimum Gasteiger partial charge on any atom is -0.336 e. The molecule has 0 amide bonds. The summed E-state index contributed by atoms with van der Waals surface area (Å²) in [6.45, 7) is 1.95. The standard InChI is InChI=1S/C14H16BrN3/c15-13-3-1-2-12-11(13)4-5-14(12)17-7-9-18-8-6-16-10-18/h1-3,6,8,10,14,17H,4-5,7,9H2/t14-/m1/s1. The monoisotopic (exact) mass is 305 g/mol. The second-order valence-electron chi connectivity index (χ2n) is 4.65. The van der Waals surface area contributed by atoms with Crippen molar-refractivity contribution in [2.45, 2.75) is 25.4 Å². The third-order valence-corrected chi connectivity index (χ3v) is 4.28. The smallest absolute Gasteiger partial charge is 0.0946 e. The van der Waals surface area contributed by atoms with E-state index in [-0.39, 0.29) is 0 Å². The van der Waals surface area contributed by atoms with Crippen molar-refractivity contribution in [2.75, 3.05) is 6.54 Å². The molecule has 94 valence electrons. The van der Waals surface area contributed by atoms with Gasteiger partial charge in [0.15, 0.2) is 0 Å². The van der Waals surface area contributed by atoms with Crippen molar-refractivity contribution >= 4 is 15.9 Å². The van der Waals surface area contributed by atoms with Crippen LogP contribution >= 0.6 is 15.9 Å². The van der Waals surface area contributed by atoms with Crippen LogP contribution in [0.25, 0.3) is 0 Å². The number of fused-ring (bicyclic) bond motifs is 1. The normalized spacial score (nSPS) is 17.9. The predicted octanol–water partition coefficient (Wildman–Crippen LogP) is 2.92. The Morgan fingerprint density at radius 1 is 1.44 bits per heavy atom. The molecule has 0 fully saturated rings. The molecule has 1 N–H and O–H groups in total. The van der Waals surface area contributed by atoms with Gasteiger partial charge in [-0.25, -0.2) is 4.98 Å². The maximum Gasteiger partial charge on any atom is 0.0946 e. The minimum atomic E-state index is 0.501. The molecule has 1 aromatic carbocycles. The Hall–Kier alpha value is -1.13. The number of benzene rings is 1. The van der Waals surface area contributed by atoms with Crippen molar-refractivity contribution in [1.82, 2.24) is 14.9 Å². The average molecular weight is 306 g/mol. The van der Waals surface area contributed by atoms with Gasteiger partial charge in [0.05, 0.1) is 6.33 Å². The van der Waals surface area contributed by atoms with Gasteiger partial charge in [-0.1, -0.05) is 28.1 Å². The highest BCUT2D eigenvalue weighted by atomic mass is 79.9. The Morgan fingerprint density at radius 2 is 2.39 bits per heavy atom. The maximum atomic E-state index is 4.05. The van der Waals surface area contributed by atoms with Gasteiger partial charge in [-0.3, -0.25) is 0 Å². The fourth-order valence-corrected chi connectivity index (χ4v) is 3.19. The van der Waals surface area contributed by atoms with Gasteiger partial charge in [0.2, 0.25) is 0 Å². The summed E-state index contributed by atoms with van der Waals surface area (Å²) < 4.78 is 3.35. The highest BCUT2D eigenvalue weighted by Crippen LogP contribution is 2.35. The number of nitrogens with zero attached hydrogens (tertiary/aromatic N) is 2. The maximum absolute atomic E-state index is 4.05. The van der Waals surface area contributed by atoms with E-state index in [9.17, 15) is 0 Å². The molecule has 1 heterocycles. The Labute approximate surface area is 115 Å². The Bertz CT molecular complexity index is 522. The van der Waals surface area contributed by atoms with Crippen LogP contribution in [0.15, 0.2) is 41.4 Å². The quantitative estimate of drug-likeness (QED) is 0.941. The molecule has 1 aliphatic carbocycles. The largest absolute Gasteiger partial charge is 0.336 e. The molecule has 18 heavy (non-hydrogen) atoms. The lowest BCUT2D eigenvalue weighted by molar-refractivity contribution is 0.501. The zero-order valence-electron chi connectivity index (χ0n) is 10.1. The first-order valence-corrected chi connectivity index (χ1v) is 7.10. The van der Waals surface area contributed by atoms with Gasteiger partial charge in [0, 0.05) is 36.0 Å². The molecular formula is C14H16BrN3. The Kier molecular flexibility index (Phi) is 3.48. The first-order chi connectivity index (χ1) is 8.84. The molecule has 0 saturated heterocycles. The molecule has 0 unspecified atom stereocenters. The van der Waals surface area contributed by atoms with E-state index in [2.05, 4.69) is 49.0 Å². The molecule has 0 saturated carbocycles. The van der Waals surface area contributed by atoms with E-state index in [1.54, 1.807) is 0 Å². The molecular weight excluding hydrogens is 290 g/mol. The number of aromatic nitrogens is 2. The van der Waals surface area contributed by atoms with Gasteiger partial charge in [-0.2, -0.15) is 0 Å². The molecule has 1 atom stereocenters. The number of hydrogen-bond acceptors (Lipinski definition) is 2. The zero-order valence-corrected chi connectivity index (χ0v) is 11.7. The van der Waals surface area contributed by atoms with E-state index >= 15 is 0 Å². The Balaban J connectivity index is 1.61. The van der Waals surface area contributed by atoms with Gasteiger partial charge < -0.3 is 9.88 Å². The number of hydrogen-bond donors (Lipinski definition) is 1. The van der Waals surface area contributed by atoms with E-state index in [1.165, 1.54) is 28.4 Å². The topological polar surface area (TPSA) is 29.9 Å². The van der Waals surface area contributed by atoms with Gasteiger partial charge in [-0.05, 0) is 30.0 Å². The molecule has 0 aliphatic heterocycles. The lowest BCUT2D eigenvalue weighted by Crippen LogP contribution is -2.23. The second kappa shape index (κ2) is 5.24. The van der Waals surface area contributed by atoms with Crippen LogP contribution in [0, 0.1) is 0 Å².